The van der Waals surface area contributed by atoms with Gasteiger partial charge in [-0.2, -0.15) is 0 Å². The molecule has 0 saturated carbocycles. The molecule has 7 N–H and O–H groups in total. The van der Waals surface area contributed by atoms with Crippen LogP contribution >= 0.6 is 0 Å². The van der Waals surface area contributed by atoms with Gasteiger partial charge in [-0.15, -0.1) is 0 Å². The van der Waals surface area contributed by atoms with Crippen LogP contribution in [0, 0.1) is 0 Å². The molecule has 0 bridgehead atoms. The highest BCUT2D eigenvalue weighted by molar-refractivity contribution is 5.70. The second-order valence-electron chi connectivity index (χ2n) is 18.7. The maximum Gasteiger partial charge on any atom is 0.306 e. The molecule has 11 atom stereocenters. The van der Waals surface area contributed by atoms with Crippen molar-refractivity contribution in [2.75, 3.05) is 26.4 Å². The van der Waals surface area contributed by atoms with E-state index in [0.717, 1.165) is 77.0 Å². The minimum absolute atomic E-state index is 0.154. The fourth-order valence-corrected chi connectivity index (χ4v) is 8.18. The lowest BCUT2D eigenvalue weighted by molar-refractivity contribution is -0.332. The molecule has 0 aromatic rings. The number of hydrogen-bond acceptors (Lipinski definition) is 15. The molecule has 4 unspecified atom stereocenters. The zero-order valence-corrected chi connectivity index (χ0v) is 41.8. The number of esters is 2. The summed E-state index contributed by atoms with van der Waals surface area (Å²) in [4.78, 5) is 25.8. The van der Waals surface area contributed by atoms with Crippen LogP contribution in [-0.4, -0.2) is 142 Å². The van der Waals surface area contributed by atoms with E-state index in [1.807, 2.05) is 0 Å². The lowest BCUT2D eigenvalue weighted by Gasteiger charge is -2.42. The number of hydrogen-bond donors (Lipinski definition) is 7. The Labute approximate surface area is 408 Å². The number of carbonyl (C=O) groups is 2. The third-order valence-electron chi connectivity index (χ3n) is 12.6. The first-order valence-corrected chi connectivity index (χ1v) is 26.6. The van der Waals surface area contributed by atoms with E-state index in [1.54, 1.807) is 0 Å². The zero-order valence-electron chi connectivity index (χ0n) is 41.8. The lowest BCUT2D eigenvalue weighted by Crippen LogP contribution is -2.61. The summed E-state index contributed by atoms with van der Waals surface area (Å²) in [5.41, 5.74) is 0. The average molecular weight is 971 g/mol. The van der Waals surface area contributed by atoms with Crippen LogP contribution in [0.4, 0.5) is 0 Å². The van der Waals surface area contributed by atoms with Crippen LogP contribution in [0.15, 0.2) is 36.5 Å². The Balaban J connectivity index is 1.80. The number of allylic oxidation sites excluding steroid dienone is 6. The molecular weight excluding hydrogens is 877 g/mol. The molecule has 15 heteroatoms. The standard InChI is InChI=1S/C53H94O15/c1-3-5-7-9-11-13-15-17-19-20-22-23-25-27-29-31-33-35-44(55)63-38-41(66-45(56)36-34-32-30-28-26-24-21-18-16-14-12-10-8-6-4-2)39-64-52-51(62)49(60)47(58)43(68-52)40-65-53-50(61)48(59)46(57)42(37-54)67-53/h11,13,17-19,21,41-43,46-54,57-62H,3-10,12,14-16,20,22-40H2,1-2H3/b13-11+,19-17+,21-18+/t41-,42+,43+,46-,47-,48?,49?,50?,51?,52+,53+/m0/s1. The van der Waals surface area contributed by atoms with Crippen LogP contribution in [0.2, 0.25) is 0 Å². The summed E-state index contributed by atoms with van der Waals surface area (Å²) >= 11 is 0. The molecule has 0 aliphatic carbocycles. The van der Waals surface area contributed by atoms with Gasteiger partial charge in [0.05, 0.1) is 19.8 Å². The summed E-state index contributed by atoms with van der Waals surface area (Å²) in [6, 6.07) is 0. The predicted octanol–water partition coefficient (Wildman–Crippen LogP) is 7.71. The van der Waals surface area contributed by atoms with E-state index in [9.17, 15) is 45.3 Å². The van der Waals surface area contributed by atoms with E-state index < -0.39 is 92.7 Å². The summed E-state index contributed by atoms with van der Waals surface area (Å²) in [6.45, 7) is 2.55. The van der Waals surface area contributed by atoms with E-state index in [1.165, 1.54) is 77.0 Å². The minimum atomic E-state index is -1.77. The molecule has 0 radical (unpaired) electrons. The van der Waals surface area contributed by atoms with Crippen LogP contribution in [0.1, 0.15) is 194 Å². The van der Waals surface area contributed by atoms with Crippen LogP contribution in [0.5, 0.6) is 0 Å². The van der Waals surface area contributed by atoms with Gasteiger partial charge in [-0.25, -0.2) is 0 Å². The number of unbranched alkanes of at least 4 members (excludes halogenated alkanes) is 21. The molecular formula is C53H94O15. The molecule has 15 nitrogen and oxygen atoms in total. The van der Waals surface area contributed by atoms with Gasteiger partial charge in [-0.3, -0.25) is 9.59 Å². The Morgan fingerprint density at radius 3 is 1.41 bits per heavy atom. The largest absolute Gasteiger partial charge is 0.462 e. The normalized spacial score (nSPS) is 26.0. The van der Waals surface area contributed by atoms with Gasteiger partial charge in [0, 0.05) is 12.8 Å². The molecule has 2 fully saturated rings. The number of aliphatic hydroxyl groups is 7. The number of rotatable bonds is 41. The van der Waals surface area contributed by atoms with Crippen molar-refractivity contribution in [3.63, 3.8) is 0 Å². The van der Waals surface area contributed by atoms with Gasteiger partial charge in [-0.1, -0.05) is 147 Å². The Bertz CT molecular complexity index is 1330. The van der Waals surface area contributed by atoms with E-state index >= 15 is 0 Å². The van der Waals surface area contributed by atoms with Crippen molar-refractivity contribution in [3.8, 4) is 0 Å². The third kappa shape index (κ3) is 27.9. The fraction of sp³-hybridized carbons (Fsp3) is 0.849. The van der Waals surface area contributed by atoms with Crippen LogP contribution in [0.25, 0.3) is 0 Å². The molecule has 0 amide bonds. The maximum absolute atomic E-state index is 13.0. The summed E-state index contributed by atoms with van der Waals surface area (Å²) in [6.07, 6.45) is 25.9. The zero-order chi connectivity index (χ0) is 49.6. The van der Waals surface area contributed by atoms with Crippen LogP contribution in [0.3, 0.4) is 0 Å². The quantitative estimate of drug-likeness (QED) is 0.0177. The maximum atomic E-state index is 13.0. The molecule has 2 saturated heterocycles. The number of ether oxygens (including phenoxy) is 6. The predicted molar refractivity (Wildman–Crippen MR) is 261 cm³/mol. The van der Waals surface area contributed by atoms with E-state index in [2.05, 4.69) is 50.3 Å². The highest BCUT2D eigenvalue weighted by atomic mass is 16.7. The van der Waals surface area contributed by atoms with Gasteiger partial charge in [0.25, 0.3) is 0 Å². The van der Waals surface area contributed by atoms with Crippen LogP contribution < -0.4 is 0 Å². The Morgan fingerprint density at radius 2 is 0.882 bits per heavy atom. The average Bonchev–Trinajstić information content (AvgIpc) is 3.33. The van der Waals surface area contributed by atoms with Gasteiger partial charge in [0.1, 0.15) is 55.4 Å². The van der Waals surface area contributed by atoms with Crippen molar-refractivity contribution in [2.45, 2.75) is 261 Å². The highest BCUT2D eigenvalue weighted by Crippen LogP contribution is 2.26. The lowest BCUT2D eigenvalue weighted by atomic mass is 9.98. The van der Waals surface area contributed by atoms with Crippen LogP contribution in [-0.2, 0) is 38.0 Å². The summed E-state index contributed by atoms with van der Waals surface area (Å²) in [7, 11) is 0. The first-order chi connectivity index (χ1) is 33.0. The third-order valence-corrected chi connectivity index (χ3v) is 12.6. The smallest absolute Gasteiger partial charge is 0.306 e. The summed E-state index contributed by atoms with van der Waals surface area (Å²) in [5, 5.41) is 72.1. The van der Waals surface area contributed by atoms with E-state index in [4.69, 9.17) is 28.4 Å². The molecule has 0 spiro atoms. The van der Waals surface area contributed by atoms with Crippen molar-refractivity contribution in [2.24, 2.45) is 0 Å². The van der Waals surface area contributed by atoms with Gasteiger partial charge < -0.3 is 64.2 Å². The first-order valence-electron chi connectivity index (χ1n) is 26.6. The van der Waals surface area contributed by atoms with Gasteiger partial charge in [-0.05, 0) is 70.6 Å². The Morgan fingerprint density at radius 1 is 0.471 bits per heavy atom. The van der Waals surface area contributed by atoms with E-state index in [-0.39, 0.29) is 26.1 Å². The number of aliphatic hydroxyl groups excluding tert-OH is 7. The first kappa shape index (κ1) is 61.8. The van der Waals surface area contributed by atoms with Gasteiger partial charge in [0.15, 0.2) is 18.7 Å². The Hall–Kier alpha value is -2.28. The fourth-order valence-electron chi connectivity index (χ4n) is 8.18. The number of carbonyl (C=O) groups excluding carboxylic acids is 2. The van der Waals surface area contributed by atoms with Crippen molar-refractivity contribution in [1.29, 1.82) is 0 Å². The summed E-state index contributed by atoms with van der Waals surface area (Å²) < 4.78 is 33.6. The summed E-state index contributed by atoms with van der Waals surface area (Å²) in [5.74, 6) is -0.941. The molecule has 2 rings (SSSR count). The van der Waals surface area contributed by atoms with Crippen molar-refractivity contribution in [3.05, 3.63) is 36.5 Å². The van der Waals surface area contributed by atoms with Crippen molar-refractivity contribution < 1.29 is 73.8 Å². The molecule has 0 aromatic carbocycles. The molecule has 68 heavy (non-hydrogen) atoms. The molecule has 0 aromatic heterocycles. The minimum Gasteiger partial charge on any atom is -0.462 e. The van der Waals surface area contributed by atoms with Crippen molar-refractivity contribution in [1.82, 2.24) is 0 Å². The molecule has 2 aliphatic rings. The SMILES string of the molecule is CCCCC/C=C/C/C=C/CCCCCCCCCC(=O)OC[C@@H](CO[C@@H]1O[C@H](CO[C@@H]2O[C@H](CO)[C@H](O)C(O)C2O)[C@H](O)C(O)C1O)OC(=O)CCCCCCC/C=C/CCCCCCCC. The van der Waals surface area contributed by atoms with Gasteiger partial charge >= 0.3 is 11.9 Å². The van der Waals surface area contributed by atoms with E-state index in [0.29, 0.717) is 12.8 Å². The highest BCUT2D eigenvalue weighted by Gasteiger charge is 2.47. The van der Waals surface area contributed by atoms with Crippen molar-refractivity contribution >= 4 is 11.9 Å². The second kappa shape index (κ2) is 40.3. The molecule has 2 heterocycles. The molecule has 2 aliphatic heterocycles. The molecule has 396 valence electrons. The van der Waals surface area contributed by atoms with Gasteiger partial charge in [0.2, 0.25) is 0 Å². The Kier molecular flexibility index (Phi) is 36.7. The monoisotopic (exact) mass is 971 g/mol. The second-order valence-corrected chi connectivity index (χ2v) is 18.7. The topological polar surface area (TPSA) is 231 Å².